The van der Waals surface area contributed by atoms with Crippen LogP contribution in [-0.2, 0) is 0 Å². The third kappa shape index (κ3) is 6.73. The fourth-order valence-corrected chi connectivity index (χ4v) is 11.2. The van der Waals surface area contributed by atoms with Crippen LogP contribution >= 0.6 is 0 Å². The molecule has 0 fully saturated rings. The van der Waals surface area contributed by atoms with Crippen LogP contribution < -0.4 is 0 Å². The van der Waals surface area contributed by atoms with Crippen molar-refractivity contribution in [1.82, 2.24) is 49.0 Å². The van der Waals surface area contributed by atoms with E-state index >= 15 is 0 Å². The highest BCUT2D eigenvalue weighted by molar-refractivity contribution is 5.84. The molecular weight excluding hydrogens is 909 g/mol. The molecule has 0 saturated heterocycles. The van der Waals surface area contributed by atoms with Gasteiger partial charge in [0.05, 0.1) is 22.1 Å². The Bertz CT molecular complexity index is 4040. The lowest BCUT2D eigenvalue weighted by molar-refractivity contribution is 0.754. The van der Waals surface area contributed by atoms with Crippen molar-refractivity contribution in [2.45, 2.75) is 11.8 Å². The summed E-state index contributed by atoms with van der Waals surface area (Å²) in [5, 5.41) is 0. The van der Waals surface area contributed by atoms with Gasteiger partial charge in [0.1, 0.15) is 0 Å². The molecule has 0 aliphatic heterocycles. The third-order valence-electron chi connectivity index (χ3n) is 14.4. The predicted molar refractivity (Wildman–Crippen MR) is 290 cm³/mol. The fraction of sp³-hybridized carbons (Fsp3) is 0.0312. The van der Waals surface area contributed by atoms with Crippen LogP contribution in [0.4, 0.5) is 0 Å². The van der Waals surface area contributed by atoms with Gasteiger partial charge in [-0.05, 0) is 94.0 Å². The molecule has 0 radical (unpaired) electrons. The standard InChI is InChI=1S/C64H40N10/c1-5-19-39(20-6-1)57-67-59(71-61(69-57)63-65-51-29-15-17-31-53(51)73(63)43-23-9-3-10-24-43)41-33-35-47-49(37-41)55-45-27-13-14-28-46(45)56(47)50-38-42(34-36-48(50)55)60-68-58(40-21-7-2-8-22-40)70-62(72-60)64-66-52-30-16-18-32-54(52)74(64)44-25-11-4-12-26-44/h1-38,55-56H. The first-order chi connectivity index (χ1) is 36.7. The summed E-state index contributed by atoms with van der Waals surface area (Å²) in [6, 6.07) is 79.5. The second-order valence-corrected chi connectivity index (χ2v) is 18.7. The van der Waals surface area contributed by atoms with Gasteiger partial charge in [-0.25, -0.2) is 39.9 Å². The zero-order valence-electron chi connectivity index (χ0n) is 39.6. The van der Waals surface area contributed by atoms with Crippen molar-refractivity contribution in [1.29, 1.82) is 0 Å². The summed E-state index contributed by atoms with van der Waals surface area (Å²) in [7, 11) is 0. The number of para-hydroxylation sites is 6. The number of aromatic nitrogens is 10. The van der Waals surface area contributed by atoms with Gasteiger partial charge in [-0.3, -0.25) is 9.13 Å². The smallest absolute Gasteiger partial charge is 0.200 e. The Morgan fingerprint density at radius 3 is 0.986 bits per heavy atom. The molecule has 3 aliphatic carbocycles. The molecule has 2 bridgehead atoms. The minimum atomic E-state index is -0.0352. The van der Waals surface area contributed by atoms with E-state index in [0.717, 1.165) is 55.7 Å². The normalized spacial score (nSPS) is 14.2. The van der Waals surface area contributed by atoms with Gasteiger partial charge >= 0.3 is 0 Å². The van der Waals surface area contributed by atoms with Crippen LogP contribution in [0.25, 0.3) is 102 Å². The van der Waals surface area contributed by atoms with E-state index in [1.165, 1.54) is 33.4 Å². The van der Waals surface area contributed by atoms with E-state index in [1.807, 2.05) is 133 Å². The lowest BCUT2D eigenvalue weighted by atomic mass is 9.61. The van der Waals surface area contributed by atoms with Crippen molar-refractivity contribution in [3.8, 4) is 80.2 Å². The number of hydrogen-bond donors (Lipinski definition) is 0. The fourth-order valence-electron chi connectivity index (χ4n) is 11.2. The number of imidazole rings is 2. The molecule has 0 saturated carbocycles. The first kappa shape index (κ1) is 41.7. The maximum atomic E-state index is 5.29. The number of nitrogens with zero attached hydrogens (tertiary/aromatic N) is 10. The van der Waals surface area contributed by atoms with Gasteiger partial charge in [0.2, 0.25) is 0 Å². The Kier molecular flexibility index (Phi) is 9.46. The zero-order valence-corrected chi connectivity index (χ0v) is 39.6. The van der Waals surface area contributed by atoms with E-state index in [2.05, 4.69) is 106 Å². The minimum Gasteiger partial charge on any atom is -0.290 e. The van der Waals surface area contributed by atoms with Crippen molar-refractivity contribution >= 4 is 22.1 Å². The Morgan fingerprint density at radius 2 is 0.568 bits per heavy atom. The molecule has 3 aliphatic rings. The van der Waals surface area contributed by atoms with E-state index in [-0.39, 0.29) is 11.8 Å². The summed E-state index contributed by atoms with van der Waals surface area (Å²) >= 11 is 0. The molecule has 4 aromatic heterocycles. The number of hydrogen-bond acceptors (Lipinski definition) is 8. The molecule has 9 aromatic carbocycles. The van der Waals surface area contributed by atoms with Crippen LogP contribution in [0.15, 0.2) is 231 Å². The number of fused-ring (bicyclic) bond motifs is 2. The lowest BCUT2D eigenvalue weighted by Gasteiger charge is -2.42. The Labute approximate surface area is 425 Å². The molecule has 2 unspecified atom stereocenters. The van der Waals surface area contributed by atoms with Crippen LogP contribution in [-0.4, -0.2) is 49.0 Å². The van der Waals surface area contributed by atoms with Gasteiger partial charge in [-0.1, -0.05) is 170 Å². The Morgan fingerprint density at radius 1 is 0.243 bits per heavy atom. The molecule has 13 aromatic rings. The van der Waals surface area contributed by atoms with E-state index in [4.69, 9.17) is 39.9 Å². The van der Waals surface area contributed by atoms with Gasteiger partial charge in [-0.2, -0.15) is 0 Å². The molecule has 2 atom stereocenters. The first-order valence-electron chi connectivity index (χ1n) is 24.8. The van der Waals surface area contributed by atoms with E-state index < -0.39 is 0 Å². The number of benzene rings is 9. The summed E-state index contributed by atoms with van der Waals surface area (Å²) in [4.78, 5) is 41.6. The minimum absolute atomic E-state index is 0.0352. The van der Waals surface area contributed by atoms with Crippen molar-refractivity contribution in [2.75, 3.05) is 0 Å². The zero-order chi connectivity index (χ0) is 48.7. The molecule has 10 nitrogen and oxygen atoms in total. The molecular formula is C64H40N10. The molecule has 16 rings (SSSR count). The topological polar surface area (TPSA) is 113 Å². The van der Waals surface area contributed by atoms with Gasteiger partial charge in [0.15, 0.2) is 46.6 Å². The van der Waals surface area contributed by atoms with Gasteiger partial charge in [0, 0.05) is 45.5 Å². The quantitative estimate of drug-likeness (QED) is 0.148. The highest BCUT2D eigenvalue weighted by Gasteiger charge is 2.42. The van der Waals surface area contributed by atoms with Gasteiger partial charge in [0.25, 0.3) is 0 Å². The second kappa shape index (κ2) is 16.8. The monoisotopic (exact) mass is 948 g/mol. The van der Waals surface area contributed by atoms with Crippen LogP contribution in [0.2, 0.25) is 0 Å². The van der Waals surface area contributed by atoms with Crippen molar-refractivity contribution < 1.29 is 0 Å². The Balaban J connectivity index is 0.877. The summed E-state index contributed by atoms with van der Waals surface area (Å²) in [6.07, 6.45) is 0. The second-order valence-electron chi connectivity index (χ2n) is 18.7. The molecule has 0 amide bonds. The molecule has 74 heavy (non-hydrogen) atoms. The molecule has 0 spiro atoms. The van der Waals surface area contributed by atoms with Crippen LogP contribution in [0.5, 0.6) is 0 Å². The summed E-state index contributed by atoms with van der Waals surface area (Å²) < 4.78 is 4.28. The highest BCUT2D eigenvalue weighted by Crippen LogP contribution is 2.56. The summed E-state index contributed by atoms with van der Waals surface area (Å²) in [5.74, 6) is 4.51. The average Bonchev–Trinajstić information content (AvgIpc) is 4.10. The number of rotatable bonds is 8. The molecule has 4 heterocycles. The molecule has 0 N–H and O–H groups in total. The van der Waals surface area contributed by atoms with E-state index in [9.17, 15) is 0 Å². The predicted octanol–water partition coefficient (Wildman–Crippen LogP) is 13.7. The van der Waals surface area contributed by atoms with Crippen LogP contribution in [0.3, 0.4) is 0 Å². The maximum absolute atomic E-state index is 5.29. The molecule has 346 valence electrons. The summed E-state index contributed by atoms with van der Waals surface area (Å²) in [6.45, 7) is 0. The van der Waals surface area contributed by atoms with E-state index in [0.29, 0.717) is 46.6 Å². The van der Waals surface area contributed by atoms with Crippen molar-refractivity contribution in [3.05, 3.63) is 264 Å². The van der Waals surface area contributed by atoms with Crippen LogP contribution in [0.1, 0.15) is 45.2 Å². The SMILES string of the molecule is c1ccc(-c2nc(-c3ccc4c(c3)C3c5ccccc5C4c4cc(-c5nc(-c6ccccc6)nc(-c6nc7ccccc7n6-c6ccccc6)n5)ccc43)nc(-c3nc4ccccc4n3-c3ccccc3)n2)cc1. The van der Waals surface area contributed by atoms with Gasteiger partial charge < -0.3 is 0 Å². The highest BCUT2D eigenvalue weighted by atomic mass is 15.2. The maximum Gasteiger partial charge on any atom is 0.200 e. The third-order valence-corrected chi connectivity index (χ3v) is 14.4. The van der Waals surface area contributed by atoms with Crippen LogP contribution in [0, 0.1) is 0 Å². The van der Waals surface area contributed by atoms with E-state index in [1.54, 1.807) is 0 Å². The lowest BCUT2D eigenvalue weighted by Crippen LogP contribution is -2.27. The Hall–Kier alpha value is -10.1. The first-order valence-corrected chi connectivity index (χ1v) is 24.8. The van der Waals surface area contributed by atoms with Crippen molar-refractivity contribution in [3.63, 3.8) is 0 Å². The largest absolute Gasteiger partial charge is 0.290 e. The van der Waals surface area contributed by atoms with Gasteiger partial charge in [-0.15, -0.1) is 0 Å². The molecule has 10 heteroatoms. The summed E-state index contributed by atoms with van der Waals surface area (Å²) in [5.41, 5.74) is 16.8. The van der Waals surface area contributed by atoms with Crippen molar-refractivity contribution in [2.24, 2.45) is 0 Å². The average molecular weight is 949 g/mol.